The number of methoxy groups -OCH3 is 1. The standard InChI is InChI=1S/C14H12N2O/c1-17-14-8-3-2-6-12(14)13-7-4-5-11(16-13)9-10-15/h2-8H,9H2,1H3. The van der Waals surface area contributed by atoms with Crippen LogP contribution in [0.5, 0.6) is 5.75 Å². The summed E-state index contributed by atoms with van der Waals surface area (Å²) in [6.07, 6.45) is 0.322. The van der Waals surface area contributed by atoms with Crippen LogP contribution >= 0.6 is 0 Å². The summed E-state index contributed by atoms with van der Waals surface area (Å²) in [5.41, 5.74) is 2.54. The van der Waals surface area contributed by atoms with Crippen molar-refractivity contribution in [1.82, 2.24) is 4.98 Å². The molecule has 0 spiro atoms. The Morgan fingerprint density at radius 2 is 2.00 bits per heavy atom. The third-order valence-corrected chi connectivity index (χ3v) is 2.45. The second-order valence-electron chi connectivity index (χ2n) is 3.55. The zero-order chi connectivity index (χ0) is 12.1. The SMILES string of the molecule is COc1ccccc1-c1cccc(CC#N)n1. The topological polar surface area (TPSA) is 45.9 Å². The molecule has 0 aliphatic heterocycles. The molecule has 0 aliphatic rings. The van der Waals surface area contributed by atoms with Gasteiger partial charge in [-0.05, 0) is 24.3 Å². The molecule has 0 atom stereocenters. The molecule has 1 heterocycles. The summed E-state index contributed by atoms with van der Waals surface area (Å²) in [6, 6.07) is 15.5. The van der Waals surface area contributed by atoms with Crippen molar-refractivity contribution in [2.24, 2.45) is 0 Å². The summed E-state index contributed by atoms with van der Waals surface area (Å²) < 4.78 is 5.29. The molecule has 3 nitrogen and oxygen atoms in total. The summed E-state index contributed by atoms with van der Waals surface area (Å²) in [6.45, 7) is 0. The Morgan fingerprint density at radius 1 is 1.18 bits per heavy atom. The lowest BCUT2D eigenvalue weighted by molar-refractivity contribution is 0.416. The summed E-state index contributed by atoms with van der Waals surface area (Å²) in [5, 5.41) is 8.67. The number of rotatable bonds is 3. The second-order valence-corrected chi connectivity index (χ2v) is 3.55. The van der Waals surface area contributed by atoms with Crippen molar-refractivity contribution in [3.63, 3.8) is 0 Å². The number of para-hydroxylation sites is 1. The lowest BCUT2D eigenvalue weighted by Gasteiger charge is -2.07. The maximum Gasteiger partial charge on any atom is 0.128 e. The molecular weight excluding hydrogens is 212 g/mol. The zero-order valence-corrected chi connectivity index (χ0v) is 9.55. The van der Waals surface area contributed by atoms with E-state index in [-0.39, 0.29) is 0 Å². The zero-order valence-electron chi connectivity index (χ0n) is 9.55. The van der Waals surface area contributed by atoms with Crippen molar-refractivity contribution in [1.29, 1.82) is 5.26 Å². The molecule has 0 fully saturated rings. The highest BCUT2D eigenvalue weighted by Crippen LogP contribution is 2.27. The van der Waals surface area contributed by atoms with Crippen LogP contribution in [0.25, 0.3) is 11.3 Å². The van der Waals surface area contributed by atoms with E-state index in [1.54, 1.807) is 7.11 Å². The number of ether oxygens (including phenoxy) is 1. The molecule has 0 N–H and O–H groups in total. The number of pyridine rings is 1. The average molecular weight is 224 g/mol. The van der Waals surface area contributed by atoms with Crippen LogP contribution < -0.4 is 4.74 Å². The van der Waals surface area contributed by atoms with Crippen LogP contribution in [0, 0.1) is 11.3 Å². The fraction of sp³-hybridized carbons (Fsp3) is 0.143. The van der Waals surface area contributed by atoms with E-state index in [0.717, 1.165) is 22.7 Å². The molecule has 0 saturated heterocycles. The molecular formula is C14H12N2O. The Labute approximate surface area is 100 Å². The van der Waals surface area contributed by atoms with E-state index in [0.29, 0.717) is 6.42 Å². The highest BCUT2D eigenvalue weighted by atomic mass is 16.5. The molecule has 84 valence electrons. The fourth-order valence-corrected chi connectivity index (χ4v) is 1.67. The Morgan fingerprint density at radius 3 is 2.76 bits per heavy atom. The Kier molecular flexibility index (Phi) is 3.37. The third-order valence-electron chi connectivity index (χ3n) is 2.45. The first-order chi connectivity index (χ1) is 8.35. The maximum atomic E-state index is 8.67. The van der Waals surface area contributed by atoms with E-state index in [1.807, 2.05) is 42.5 Å². The van der Waals surface area contributed by atoms with Crippen LogP contribution in [0.4, 0.5) is 0 Å². The van der Waals surface area contributed by atoms with Gasteiger partial charge in [-0.1, -0.05) is 18.2 Å². The minimum Gasteiger partial charge on any atom is -0.496 e. The maximum absolute atomic E-state index is 8.67. The van der Waals surface area contributed by atoms with Gasteiger partial charge in [-0.25, -0.2) is 0 Å². The van der Waals surface area contributed by atoms with Gasteiger partial charge in [0.25, 0.3) is 0 Å². The fourth-order valence-electron chi connectivity index (χ4n) is 1.67. The van der Waals surface area contributed by atoms with Gasteiger partial charge in [0.2, 0.25) is 0 Å². The first-order valence-electron chi connectivity index (χ1n) is 5.31. The van der Waals surface area contributed by atoms with E-state index in [2.05, 4.69) is 11.1 Å². The van der Waals surface area contributed by atoms with Crippen LogP contribution in [0.2, 0.25) is 0 Å². The summed E-state index contributed by atoms with van der Waals surface area (Å²) in [4.78, 5) is 4.44. The van der Waals surface area contributed by atoms with Gasteiger partial charge < -0.3 is 4.74 Å². The molecule has 0 saturated carbocycles. The van der Waals surface area contributed by atoms with Crippen LogP contribution in [0.15, 0.2) is 42.5 Å². The summed E-state index contributed by atoms with van der Waals surface area (Å²) in [5.74, 6) is 0.786. The van der Waals surface area contributed by atoms with Gasteiger partial charge in [-0.15, -0.1) is 0 Å². The average Bonchev–Trinajstić information content (AvgIpc) is 2.39. The van der Waals surface area contributed by atoms with Crippen molar-refractivity contribution in [3.8, 4) is 23.1 Å². The van der Waals surface area contributed by atoms with E-state index in [1.165, 1.54) is 0 Å². The molecule has 0 bridgehead atoms. The van der Waals surface area contributed by atoms with Crippen LogP contribution in [0.1, 0.15) is 5.69 Å². The quantitative estimate of drug-likeness (QED) is 0.805. The molecule has 0 unspecified atom stereocenters. The van der Waals surface area contributed by atoms with E-state index in [9.17, 15) is 0 Å². The van der Waals surface area contributed by atoms with Gasteiger partial charge in [0.1, 0.15) is 5.75 Å². The lowest BCUT2D eigenvalue weighted by atomic mass is 10.1. The lowest BCUT2D eigenvalue weighted by Crippen LogP contribution is -1.93. The minimum absolute atomic E-state index is 0.322. The molecule has 0 radical (unpaired) electrons. The molecule has 1 aromatic heterocycles. The first kappa shape index (κ1) is 11.2. The van der Waals surface area contributed by atoms with Gasteiger partial charge in [0.05, 0.1) is 31.0 Å². The van der Waals surface area contributed by atoms with Gasteiger partial charge in [0, 0.05) is 5.56 Å². The summed E-state index contributed by atoms with van der Waals surface area (Å²) in [7, 11) is 1.64. The van der Waals surface area contributed by atoms with Gasteiger partial charge in [0.15, 0.2) is 0 Å². The van der Waals surface area contributed by atoms with Crippen molar-refractivity contribution >= 4 is 0 Å². The predicted molar refractivity (Wildman–Crippen MR) is 65.5 cm³/mol. The Bertz CT molecular complexity index is 558. The summed E-state index contributed by atoms with van der Waals surface area (Å²) >= 11 is 0. The van der Waals surface area contributed by atoms with Crippen LogP contribution in [-0.2, 0) is 6.42 Å². The molecule has 2 rings (SSSR count). The third kappa shape index (κ3) is 2.43. The first-order valence-corrected chi connectivity index (χ1v) is 5.31. The number of nitriles is 1. The molecule has 3 heteroatoms. The van der Waals surface area contributed by atoms with Gasteiger partial charge >= 0.3 is 0 Å². The van der Waals surface area contributed by atoms with Crippen molar-refractivity contribution in [2.45, 2.75) is 6.42 Å². The monoisotopic (exact) mass is 224 g/mol. The number of aromatic nitrogens is 1. The van der Waals surface area contributed by atoms with Gasteiger partial charge in [-0.3, -0.25) is 4.98 Å². The number of hydrogen-bond acceptors (Lipinski definition) is 3. The second kappa shape index (κ2) is 5.13. The van der Waals surface area contributed by atoms with Crippen molar-refractivity contribution in [2.75, 3.05) is 7.11 Å². The van der Waals surface area contributed by atoms with Crippen molar-refractivity contribution < 1.29 is 4.74 Å². The normalized spacial score (nSPS) is 9.65. The molecule has 0 aliphatic carbocycles. The van der Waals surface area contributed by atoms with E-state index < -0.39 is 0 Å². The van der Waals surface area contributed by atoms with E-state index in [4.69, 9.17) is 10.00 Å². The Hall–Kier alpha value is -2.34. The number of benzene rings is 1. The highest BCUT2D eigenvalue weighted by Gasteiger charge is 2.06. The van der Waals surface area contributed by atoms with Crippen molar-refractivity contribution in [3.05, 3.63) is 48.2 Å². The number of hydrogen-bond donors (Lipinski definition) is 0. The highest BCUT2D eigenvalue weighted by molar-refractivity contribution is 5.67. The molecule has 0 amide bonds. The van der Waals surface area contributed by atoms with E-state index >= 15 is 0 Å². The largest absolute Gasteiger partial charge is 0.496 e. The predicted octanol–water partition coefficient (Wildman–Crippen LogP) is 2.82. The van der Waals surface area contributed by atoms with Crippen LogP contribution in [0.3, 0.4) is 0 Å². The minimum atomic E-state index is 0.322. The molecule has 1 aromatic carbocycles. The molecule has 2 aromatic rings. The number of nitrogens with zero attached hydrogens (tertiary/aromatic N) is 2. The van der Waals surface area contributed by atoms with Gasteiger partial charge in [-0.2, -0.15) is 5.26 Å². The smallest absolute Gasteiger partial charge is 0.128 e. The van der Waals surface area contributed by atoms with Crippen LogP contribution in [-0.4, -0.2) is 12.1 Å². The Balaban J connectivity index is 2.46. The molecule has 17 heavy (non-hydrogen) atoms.